The molecule has 3 aromatic heterocycles. The number of fused-ring (bicyclic) bond motifs is 1. The van der Waals surface area contributed by atoms with E-state index in [4.69, 9.17) is 9.72 Å². The topological polar surface area (TPSA) is 74.8 Å². The average molecular weight is 339 g/mol. The van der Waals surface area contributed by atoms with E-state index in [9.17, 15) is 4.79 Å². The summed E-state index contributed by atoms with van der Waals surface area (Å²) in [7, 11) is 5.18. The van der Waals surface area contributed by atoms with Gasteiger partial charge in [-0.3, -0.25) is 9.36 Å². The Kier molecular flexibility index (Phi) is 3.42. The van der Waals surface area contributed by atoms with Crippen LogP contribution in [0.25, 0.3) is 22.3 Å². The molecule has 0 aliphatic heterocycles. The summed E-state index contributed by atoms with van der Waals surface area (Å²) in [6.07, 6.45) is 2.21. The maximum atomic E-state index is 12.5. The number of nitrogens with zero attached hydrogens (tertiary/aromatic N) is 5. The minimum Gasteiger partial charge on any atom is -0.465 e. The second-order valence-corrected chi connectivity index (χ2v) is 6.70. The summed E-state index contributed by atoms with van der Waals surface area (Å²) < 4.78 is 8.63. The molecule has 1 fully saturated rings. The van der Waals surface area contributed by atoms with E-state index in [1.165, 1.54) is 7.11 Å². The summed E-state index contributed by atoms with van der Waals surface area (Å²) in [6, 6.07) is 1.82. The van der Waals surface area contributed by atoms with Crippen LogP contribution in [-0.4, -0.2) is 37.6 Å². The molecule has 0 unspecified atom stereocenters. The van der Waals surface area contributed by atoms with Crippen LogP contribution in [0.1, 0.15) is 46.2 Å². The second-order valence-electron chi connectivity index (χ2n) is 6.70. The standard InChI is InChI=1S/C18H21N5O2/c1-9-14(10(2)22(3)20-9)13-8-12(18(24)25-5)15-16(11-6-7-11)21-23(4)17(15)19-13/h8,11H,6-7H2,1-5H3. The molecule has 0 N–H and O–H groups in total. The van der Waals surface area contributed by atoms with E-state index in [-0.39, 0.29) is 5.97 Å². The first-order valence-corrected chi connectivity index (χ1v) is 8.39. The van der Waals surface area contributed by atoms with E-state index >= 15 is 0 Å². The third-order valence-corrected chi connectivity index (χ3v) is 4.96. The predicted octanol–water partition coefficient (Wildman–Crippen LogP) is 2.65. The van der Waals surface area contributed by atoms with Crippen molar-refractivity contribution >= 4 is 17.0 Å². The fourth-order valence-electron chi connectivity index (χ4n) is 3.46. The van der Waals surface area contributed by atoms with E-state index in [1.54, 1.807) is 4.68 Å². The Labute approximate surface area is 145 Å². The highest BCUT2D eigenvalue weighted by Crippen LogP contribution is 2.43. The lowest BCUT2D eigenvalue weighted by Crippen LogP contribution is -2.05. The molecule has 130 valence electrons. The van der Waals surface area contributed by atoms with E-state index in [0.717, 1.165) is 46.6 Å². The summed E-state index contributed by atoms with van der Waals surface area (Å²) in [4.78, 5) is 17.3. The number of rotatable bonds is 3. The van der Waals surface area contributed by atoms with Crippen LogP contribution >= 0.6 is 0 Å². The maximum absolute atomic E-state index is 12.5. The number of carbonyl (C=O) groups is 1. The molecule has 7 nitrogen and oxygen atoms in total. The molecule has 0 amide bonds. The zero-order valence-electron chi connectivity index (χ0n) is 15.1. The van der Waals surface area contributed by atoms with Gasteiger partial charge >= 0.3 is 5.97 Å². The van der Waals surface area contributed by atoms with Gasteiger partial charge in [-0.15, -0.1) is 0 Å². The van der Waals surface area contributed by atoms with Crippen molar-refractivity contribution in [3.63, 3.8) is 0 Å². The summed E-state index contributed by atoms with van der Waals surface area (Å²) >= 11 is 0. The molecule has 7 heteroatoms. The molecule has 0 saturated heterocycles. The lowest BCUT2D eigenvalue weighted by molar-refractivity contribution is 0.0603. The molecule has 1 aliphatic rings. The van der Waals surface area contributed by atoms with E-state index in [0.29, 0.717) is 17.1 Å². The third kappa shape index (κ3) is 2.33. The molecular formula is C18H21N5O2. The van der Waals surface area contributed by atoms with Gasteiger partial charge in [0.25, 0.3) is 0 Å². The lowest BCUT2D eigenvalue weighted by atomic mass is 10.0. The largest absolute Gasteiger partial charge is 0.465 e. The molecule has 1 saturated carbocycles. The van der Waals surface area contributed by atoms with Gasteiger partial charge in [0.1, 0.15) is 0 Å². The smallest absolute Gasteiger partial charge is 0.338 e. The summed E-state index contributed by atoms with van der Waals surface area (Å²) in [5.74, 6) is 0.0596. The van der Waals surface area contributed by atoms with Crippen molar-refractivity contribution in [2.45, 2.75) is 32.6 Å². The first-order valence-electron chi connectivity index (χ1n) is 8.39. The second kappa shape index (κ2) is 5.40. The van der Waals surface area contributed by atoms with Gasteiger partial charge in [0.15, 0.2) is 5.65 Å². The van der Waals surface area contributed by atoms with Gasteiger partial charge in [0.05, 0.1) is 35.1 Å². The number of ether oxygens (including phenoxy) is 1. The van der Waals surface area contributed by atoms with Crippen molar-refractivity contribution in [1.82, 2.24) is 24.5 Å². The first-order chi connectivity index (χ1) is 11.9. The average Bonchev–Trinajstić information content (AvgIpc) is 3.33. The molecule has 3 heterocycles. The van der Waals surface area contributed by atoms with Gasteiger partial charge in [-0.2, -0.15) is 10.2 Å². The molecule has 0 aromatic carbocycles. The minimum atomic E-state index is -0.359. The highest BCUT2D eigenvalue weighted by Gasteiger charge is 2.32. The van der Waals surface area contributed by atoms with Gasteiger partial charge in [-0.25, -0.2) is 9.78 Å². The van der Waals surface area contributed by atoms with Crippen LogP contribution in [-0.2, 0) is 18.8 Å². The van der Waals surface area contributed by atoms with Crippen LogP contribution < -0.4 is 0 Å². The zero-order valence-corrected chi connectivity index (χ0v) is 15.1. The minimum absolute atomic E-state index is 0.359. The van der Waals surface area contributed by atoms with Crippen LogP contribution in [0.15, 0.2) is 6.07 Å². The Balaban J connectivity index is 2.05. The van der Waals surface area contributed by atoms with Crippen molar-refractivity contribution in [2.24, 2.45) is 14.1 Å². The summed E-state index contributed by atoms with van der Waals surface area (Å²) in [5, 5.41) is 9.92. The lowest BCUT2D eigenvalue weighted by Gasteiger charge is -2.08. The van der Waals surface area contributed by atoms with Crippen molar-refractivity contribution in [2.75, 3.05) is 7.11 Å². The molecule has 25 heavy (non-hydrogen) atoms. The normalized spacial score (nSPS) is 14.3. The van der Waals surface area contributed by atoms with Crippen LogP contribution in [0.5, 0.6) is 0 Å². The monoisotopic (exact) mass is 339 g/mol. The molecular weight excluding hydrogens is 318 g/mol. The van der Waals surface area contributed by atoms with Crippen LogP contribution in [0, 0.1) is 13.8 Å². The Morgan fingerprint density at radius 1 is 1.20 bits per heavy atom. The number of pyridine rings is 1. The molecule has 1 aliphatic carbocycles. The van der Waals surface area contributed by atoms with Gasteiger partial charge in [-0.1, -0.05) is 0 Å². The summed E-state index contributed by atoms with van der Waals surface area (Å²) in [6.45, 7) is 3.95. The maximum Gasteiger partial charge on any atom is 0.338 e. The number of hydrogen-bond acceptors (Lipinski definition) is 5. The highest BCUT2D eigenvalue weighted by atomic mass is 16.5. The highest BCUT2D eigenvalue weighted by molar-refractivity contribution is 6.05. The zero-order chi connectivity index (χ0) is 17.9. The number of aromatic nitrogens is 5. The van der Waals surface area contributed by atoms with Gasteiger partial charge < -0.3 is 4.74 Å². The fourth-order valence-corrected chi connectivity index (χ4v) is 3.46. The number of hydrogen-bond donors (Lipinski definition) is 0. The molecule has 0 bridgehead atoms. The Hall–Kier alpha value is -2.70. The van der Waals surface area contributed by atoms with Crippen molar-refractivity contribution in [1.29, 1.82) is 0 Å². The van der Waals surface area contributed by atoms with Gasteiger partial charge in [-0.05, 0) is 32.8 Å². The van der Waals surface area contributed by atoms with Crippen LogP contribution in [0.3, 0.4) is 0 Å². The molecule has 0 atom stereocenters. The quantitative estimate of drug-likeness (QED) is 0.686. The predicted molar refractivity (Wildman–Crippen MR) is 93.5 cm³/mol. The van der Waals surface area contributed by atoms with E-state index < -0.39 is 0 Å². The molecule has 0 radical (unpaired) electrons. The van der Waals surface area contributed by atoms with Crippen molar-refractivity contribution in [3.05, 3.63) is 28.7 Å². The Bertz CT molecular complexity index is 1010. The summed E-state index contributed by atoms with van der Waals surface area (Å²) in [5.41, 5.74) is 5.75. The van der Waals surface area contributed by atoms with Gasteiger partial charge in [0.2, 0.25) is 0 Å². The fraction of sp³-hybridized carbons (Fsp3) is 0.444. The number of methoxy groups -OCH3 is 1. The number of carbonyl (C=O) groups excluding carboxylic acids is 1. The molecule has 3 aromatic rings. The third-order valence-electron chi connectivity index (χ3n) is 4.96. The Morgan fingerprint density at radius 3 is 2.48 bits per heavy atom. The molecule has 4 rings (SSSR count). The van der Waals surface area contributed by atoms with Crippen LogP contribution in [0.2, 0.25) is 0 Å². The van der Waals surface area contributed by atoms with Crippen molar-refractivity contribution in [3.8, 4) is 11.3 Å². The first kappa shape index (κ1) is 15.8. The van der Waals surface area contributed by atoms with Crippen LogP contribution in [0.4, 0.5) is 0 Å². The van der Waals surface area contributed by atoms with Crippen molar-refractivity contribution < 1.29 is 9.53 Å². The Morgan fingerprint density at radius 2 is 1.92 bits per heavy atom. The SMILES string of the molecule is COC(=O)c1cc(-c2c(C)nn(C)c2C)nc2c1c(C1CC1)nn2C. The van der Waals surface area contributed by atoms with Gasteiger partial charge in [0, 0.05) is 31.3 Å². The van der Waals surface area contributed by atoms with E-state index in [2.05, 4.69) is 10.2 Å². The van der Waals surface area contributed by atoms with E-state index in [1.807, 2.05) is 38.7 Å². The molecule has 0 spiro atoms. The number of esters is 1. The number of aryl methyl sites for hydroxylation is 3.